The largest absolute Gasteiger partial charge is 0.0795 e. The van der Waals surface area contributed by atoms with Crippen LogP contribution < -0.4 is 0 Å². The molecule has 0 nitrogen and oxygen atoms in total. The van der Waals surface area contributed by atoms with E-state index >= 15 is 0 Å². The summed E-state index contributed by atoms with van der Waals surface area (Å²) in [6.07, 6.45) is 5.59. The van der Waals surface area contributed by atoms with Crippen LogP contribution in [0.1, 0.15) is 36.1 Å². The van der Waals surface area contributed by atoms with Crippen molar-refractivity contribution in [1.82, 2.24) is 0 Å². The first-order valence-electron chi connectivity index (χ1n) is 8.13. The lowest BCUT2D eigenvalue weighted by molar-refractivity contribution is 0.666. The molecular formula is C22H17Br. The molecule has 0 aromatic heterocycles. The quantitative estimate of drug-likeness (QED) is 0.430. The van der Waals surface area contributed by atoms with Gasteiger partial charge in [0, 0.05) is 9.89 Å². The van der Waals surface area contributed by atoms with Crippen LogP contribution in [-0.2, 0) is 11.8 Å². The van der Waals surface area contributed by atoms with Crippen LogP contribution in [0, 0.1) is 0 Å². The number of halogens is 1. The predicted molar refractivity (Wildman–Crippen MR) is 102 cm³/mol. The molecule has 0 saturated carbocycles. The van der Waals surface area contributed by atoms with Crippen LogP contribution in [0.15, 0.2) is 53.0 Å². The maximum Gasteiger partial charge on any atom is 0.0184 e. The monoisotopic (exact) mass is 360 g/mol. The Labute approximate surface area is 145 Å². The zero-order valence-electron chi connectivity index (χ0n) is 13.3. The summed E-state index contributed by atoms with van der Waals surface area (Å²) in [7, 11) is 0. The van der Waals surface area contributed by atoms with Gasteiger partial charge in [0.1, 0.15) is 0 Å². The van der Waals surface area contributed by atoms with Crippen molar-refractivity contribution in [3.63, 3.8) is 0 Å². The number of fused-ring (bicyclic) bond motifs is 4. The third-order valence-corrected chi connectivity index (χ3v) is 5.92. The second-order valence-electron chi connectivity index (χ2n) is 7.15. The van der Waals surface area contributed by atoms with Gasteiger partial charge in [-0.3, -0.25) is 0 Å². The molecule has 23 heavy (non-hydrogen) atoms. The molecule has 0 radical (unpaired) electrons. The highest BCUT2D eigenvalue weighted by molar-refractivity contribution is 9.10. The molecule has 3 aromatic rings. The molecule has 0 atom stereocenters. The fourth-order valence-electron chi connectivity index (χ4n) is 4.54. The highest BCUT2D eigenvalue weighted by Crippen LogP contribution is 2.53. The van der Waals surface area contributed by atoms with Gasteiger partial charge in [-0.25, -0.2) is 0 Å². The highest BCUT2D eigenvalue weighted by atomic mass is 79.9. The van der Waals surface area contributed by atoms with Crippen molar-refractivity contribution >= 4 is 32.8 Å². The van der Waals surface area contributed by atoms with Gasteiger partial charge in [-0.2, -0.15) is 0 Å². The molecule has 0 bridgehead atoms. The molecule has 0 N–H and O–H groups in total. The molecule has 3 aromatic carbocycles. The number of hydrogen-bond acceptors (Lipinski definition) is 0. The van der Waals surface area contributed by atoms with Gasteiger partial charge in [0.15, 0.2) is 0 Å². The third-order valence-electron chi connectivity index (χ3n) is 5.46. The minimum absolute atomic E-state index is 0.0453. The van der Waals surface area contributed by atoms with E-state index in [1.54, 1.807) is 0 Å². The Morgan fingerprint density at radius 1 is 1.00 bits per heavy atom. The second kappa shape index (κ2) is 4.36. The predicted octanol–water partition coefficient (Wildman–Crippen LogP) is 6.48. The minimum atomic E-state index is 0.0453. The second-order valence-corrected chi connectivity index (χ2v) is 8.07. The van der Waals surface area contributed by atoms with Crippen molar-refractivity contribution in [3.05, 3.63) is 75.3 Å². The maximum atomic E-state index is 3.73. The van der Waals surface area contributed by atoms with Gasteiger partial charge in [-0.1, -0.05) is 66.2 Å². The summed E-state index contributed by atoms with van der Waals surface area (Å²) in [5, 5.41) is 2.85. The van der Waals surface area contributed by atoms with E-state index in [4.69, 9.17) is 0 Å². The van der Waals surface area contributed by atoms with E-state index < -0.39 is 0 Å². The van der Waals surface area contributed by atoms with Crippen LogP contribution >= 0.6 is 15.9 Å². The SMILES string of the molecule is CC1(C)c2ccccc2-c2cc3c4c(cc(Br)cc4c21)CC=C3. The molecule has 0 heterocycles. The summed E-state index contributed by atoms with van der Waals surface area (Å²) < 4.78 is 1.18. The molecule has 112 valence electrons. The van der Waals surface area contributed by atoms with Crippen molar-refractivity contribution in [2.75, 3.05) is 0 Å². The summed E-state index contributed by atoms with van der Waals surface area (Å²) in [5.41, 5.74) is 8.56. The van der Waals surface area contributed by atoms with Crippen molar-refractivity contribution in [2.24, 2.45) is 0 Å². The van der Waals surface area contributed by atoms with E-state index in [0.717, 1.165) is 6.42 Å². The molecule has 0 unspecified atom stereocenters. The Hall–Kier alpha value is -1.86. The zero-order valence-corrected chi connectivity index (χ0v) is 14.9. The number of rotatable bonds is 0. The topological polar surface area (TPSA) is 0 Å². The lowest BCUT2D eigenvalue weighted by Crippen LogP contribution is -2.16. The van der Waals surface area contributed by atoms with E-state index in [0.29, 0.717) is 0 Å². The van der Waals surface area contributed by atoms with Crippen molar-refractivity contribution in [3.8, 4) is 11.1 Å². The van der Waals surface area contributed by atoms with Gasteiger partial charge in [-0.15, -0.1) is 0 Å². The van der Waals surface area contributed by atoms with Crippen LogP contribution in [0.5, 0.6) is 0 Å². The Morgan fingerprint density at radius 2 is 1.83 bits per heavy atom. The molecule has 0 fully saturated rings. The molecule has 2 aliphatic rings. The summed E-state index contributed by atoms with van der Waals surface area (Å²) >= 11 is 3.73. The van der Waals surface area contributed by atoms with Crippen LogP contribution in [-0.4, -0.2) is 0 Å². The molecule has 0 saturated heterocycles. The van der Waals surface area contributed by atoms with Gasteiger partial charge < -0.3 is 0 Å². The first-order valence-corrected chi connectivity index (χ1v) is 8.93. The first kappa shape index (κ1) is 13.6. The molecular weight excluding hydrogens is 344 g/mol. The van der Waals surface area contributed by atoms with Gasteiger partial charge >= 0.3 is 0 Å². The average Bonchev–Trinajstić information content (AvgIpc) is 2.76. The van der Waals surface area contributed by atoms with E-state index in [1.165, 1.54) is 48.6 Å². The van der Waals surface area contributed by atoms with Crippen LogP contribution in [0.2, 0.25) is 0 Å². The average molecular weight is 361 g/mol. The first-order chi connectivity index (χ1) is 11.1. The van der Waals surface area contributed by atoms with E-state index in [2.05, 4.69) is 84.4 Å². The van der Waals surface area contributed by atoms with E-state index in [9.17, 15) is 0 Å². The lowest BCUT2D eigenvalue weighted by Gasteiger charge is -2.25. The molecule has 1 heteroatoms. The Bertz CT molecular complexity index is 1020. The lowest BCUT2D eigenvalue weighted by atomic mass is 9.78. The standard InChI is InChI=1S/C22H17Br/c1-22(2)19-9-4-3-8-16(19)17-11-14-7-5-6-13-10-15(23)12-18(20(13)14)21(17)22/h3-5,7-12H,6H2,1-2H3. The summed E-state index contributed by atoms with van der Waals surface area (Å²) in [6, 6.07) is 15.9. The maximum absolute atomic E-state index is 3.73. The number of benzene rings is 3. The summed E-state index contributed by atoms with van der Waals surface area (Å²) in [5.74, 6) is 0. The Morgan fingerprint density at radius 3 is 2.70 bits per heavy atom. The molecule has 0 aliphatic heterocycles. The summed E-state index contributed by atoms with van der Waals surface area (Å²) in [6.45, 7) is 4.72. The molecule has 0 spiro atoms. The Kier molecular flexibility index (Phi) is 2.57. The van der Waals surface area contributed by atoms with Crippen LogP contribution in [0.25, 0.3) is 28.0 Å². The van der Waals surface area contributed by atoms with Gasteiger partial charge in [0.2, 0.25) is 0 Å². The molecule has 5 rings (SSSR count). The van der Waals surface area contributed by atoms with Gasteiger partial charge in [-0.05, 0) is 68.8 Å². The van der Waals surface area contributed by atoms with E-state index in [-0.39, 0.29) is 5.41 Å². The smallest absolute Gasteiger partial charge is 0.0184 e. The number of allylic oxidation sites excluding steroid dienone is 1. The van der Waals surface area contributed by atoms with Crippen LogP contribution in [0.3, 0.4) is 0 Å². The fourth-order valence-corrected chi connectivity index (χ4v) is 5.04. The summed E-state index contributed by atoms with van der Waals surface area (Å²) in [4.78, 5) is 0. The Balaban J connectivity index is 2.03. The van der Waals surface area contributed by atoms with E-state index in [1.807, 2.05) is 0 Å². The van der Waals surface area contributed by atoms with Crippen LogP contribution in [0.4, 0.5) is 0 Å². The third kappa shape index (κ3) is 1.66. The molecule has 2 aliphatic carbocycles. The fraction of sp³-hybridized carbons (Fsp3) is 0.182. The zero-order chi connectivity index (χ0) is 15.8. The number of hydrogen-bond donors (Lipinski definition) is 0. The van der Waals surface area contributed by atoms with Crippen molar-refractivity contribution < 1.29 is 0 Å². The van der Waals surface area contributed by atoms with Crippen molar-refractivity contribution in [1.29, 1.82) is 0 Å². The normalized spacial score (nSPS) is 16.5. The van der Waals surface area contributed by atoms with Crippen molar-refractivity contribution in [2.45, 2.75) is 25.7 Å². The highest BCUT2D eigenvalue weighted by Gasteiger charge is 2.37. The van der Waals surface area contributed by atoms with Gasteiger partial charge in [0.25, 0.3) is 0 Å². The van der Waals surface area contributed by atoms with Gasteiger partial charge in [0.05, 0.1) is 0 Å². The minimum Gasteiger partial charge on any atom is -0.0795 e. The molecule has 0 amide bonds.